The number of benzene rings is 3. The number of ether oxygens (including phenoxy) is 2. The summed E-state index contributed by atoms with van der Waals surface area (Å²) < 4.78 is 11.2. The van der Waals surface area contributed by atoms with Crippen LogP contribution < -0.4 is 9.47 Å². The van der Waals surface area contributed by atoms with Crippen LogP contribution in [0.2, 0.25) is 0 Å². The SMILES string of the molecule is [c]1ccccc1OCOc1cccc2ccccc12. The third kappa shape index (κ3) is 2.68. The maximum absolute atomic E-state index is 5.68. The summed E-state index contributed by atoms with van der Waals surface area (Å²) in [5, 5.41) is 2.25. The third-order valence-electron chi connectivity index (χ3n) is 2.86. The van der Waals surface area contributed by atoms with Gasteiger partial charge in [0.05, 0.1) is 0 Å². The van der Waals surface area contributed by atoms with Crippen molar-refractivity contribution in [1.29, 1.82) is 0 Å². The van der Waals surface area contributed by atoms with Crippen molar-refractivity contribution < 1.29 is 9.47 Å². The third-order valence-corrected chi connectivity index (χ3v) is 2.86. The minimum atomic E-state index is 0.175. The Morgan fingerprint density at radius 2 is 1.63 bits per heavy atom. The second-order valence-electron chi connectivity index (χ2n) is 4.11. The van der Waals surface area contributed by atoms with Gasteiger partial charge in [-0.1, -0.05) is 54.6 Å². The van der Waals surface area contributed by atoms with Crippen LogP contribution in [0.1, 0.15) is 0 Å². The van der Waals surface area contributed by atoms with E-state index in [4.69, 9.17) is 9.47 Å². The summed E-state index contributed by atoms with van der Waals surface area (Å²) in [6.45, 7) is 0.175. The zero-order chi connectivity index (χ0) is 12.9. The Hall–Kier alpha value is -2.48. The fraction of sp³-hybridized carbons (Fsp3) is 0.0588. The fourth-order valence-electron chi connectivity index (χ4n) is 1.94. The molecule has 3 aromatic carbocycles. The molecule has 0 fully saturated rings. The molecule has 0 atom stereocenters. The van der Waals surface area contributed by atoms with Gasteiger partial charge in [-0.15, -0.1) is 0 Å². The molecule has 3 aromatic rings. The second-order valence-corrected chi connectivity index (χ2v) is 4.11. The van der Waals surface area contributed by atoms with Gasteiger partial charge in [-0.25, -0.2) is 0 Å². The zero-order valence-electron chi connectivity index (χ0n) is 10.4. The van der Waals surface area contributed by atoms with E-state index in [1.807, 2.05) is 54.6 Å². The summed E-state index contributed by atoms with van der Waals surface area (Å²) in [6.07, 6.45) is 0. The minimum absolute atomic E-state index is 0.175. The lowest BCUT2D eigenvalue weighted by Gasteiger charge is -2.10. The van der Waals surface area contributed by atoms with Crippen LogP contribution in [0.3, 0.4) is 0 Å². The average Bonchev–Trinajstić information content (AvgIpc) is 2.49. The van der Waals surface area contributed by atoms with Gasteiger partial charge in [-0.05, 0) is 17.5 Å². The van der Waals surface area contributed by atoms with E-state index in [-0.39, 0.29) is 6.79 Å². The van der Waals surface area contributed by atoms with Crippen LogP contribution >= 0.6 is 0 Å². The molecule has 0 amide bonds. The summed E-state index contributed by atoms with van der Waals surface area (Å²) in [4.78, 5) is 0. The van der Waals surface area contributed by atoms with Crippen LogP contribution in [0.4, 0.5) is 0 Å². The first-order valence-electron chi connectivity index (χ1n) is 6.13. The first-order valence-corrected chi connectivity index (χ1v) is 6.13. The molecule has 0 heterocycles. The summed E-state index contributed by atoms with van der Waals surface area (Å²) in [7, 11) is 0. The number of fused-ring (bicyclic) bond motifs is 1. The van der Waals surface area contributed by atoms with Crippen LogP contribution in [0.5, 0.6) is 11.5 Å². The molecular formula is C17H13O2. The lowest BCUT2D eigenvalue weighted by Crippen LogP contribution is -2.05. The molecule has 19 heavy (non-hydrogen) atoms. The van der Waals surface area contributed by atoms with E-state index >= 15 is 0 Å². The van der Waals surface area contributed by atoms with E-state index in [1.54, 1.807) is 0 Å². The number of para-hydroxylation sites is 1. The molecule has 0 saturated carbocycles. The normalized spacial score (nSPS) is 10.3. The minimum Gasteiger partial charge on any atom is -0.457 e. The quantitative estimate of drug-likeness (QED) is 0.649. The van der Waals surface area contributed by atoms with Crippen LogP contribution in [-0.2, 0) is 0 Å². The highest BCUT2D eigenvalue weighted by Crippen LogP contribution is 2.25. The Morgan fingerprint density at radius 3 is 2.53 bits per heavy atom. The highest BCUT2D eigenvalue weighted by molar-refractivity contribution is 5.88. The fourth-order valence-corrected chi connectivity index (χ4v) is 1.94. The molecule has 0 aliphatic heterocycles. The van der Waals surface area contributed by atoms with Gasteiger partial charge >= 0.3 is 0 Å². The van der Waals surface area contributed by atoms with Crippen molar-refractivity contribution in [2.24, 2.45) is 0 Å². The molecular weight excluding hydrogens is 236 g/mol. The van der Waals surface area contributed by atoms with Crippen LogP contribution in [0.25, 0.3) is 10.8 Å². The molecule has 3 rings (SSSR count). The molecule has 0 aliphatic rings. The Bertz CT molecular complexity index is 657. The maximum Gasteiger partial charge on any atom is 0.230 e. The predicted molar refractivity (Wildman–Crippen MR) is 75.3 cm³/mol. The van der Waals surface area contributed by atoms with E-state index < -0.39 is 0 Å². The Balaban J connectivity index is 1.72. The van der Waals surface area contributed by atoms with Crippen molar-refractivity contribution in [3.05, 3.63) is 72.8 Å². The van der Waals surface area contributed by atoms with Crippen LogP contribution in [0, 0.1) is 6.07 Å². The Kier molecular flexibility index (Phi) is 3.32. The molecule has 1 radical (unpaired) electrons. The van der Waals surface area contributed by atoms with Crippen LogP contribution in [-0.4, -0.2) is 6.79 Å². The van der Waals surface area contributed by atoms with Gasteiger partial charge in [0.2, 0.25) is 6.79 Å². The summed E-state index contributed by atoms with van der Waals surface area (Å²) in [6, 6.07) is 24.6. The van der Waals surface area contributed by atoms with Gasteiger partial charge in [0, 0.05) is 11.5 Å². The van der Waals surface area contributed by atoms with Gasteiger partial charge < -0.3 is 9.47 Å². The van der Waals surface area contributed by atoms with Gasteiger partial charge in [0.15, 0.2) is 0 Å². The number of hydrogen-bond donors (Lipinski definition) is 0. The molecule has 93 valence electrons. The lowest BCUT2D eigenvalue weighted by molar-refractivity contribution is 0.121. The van der Waals surface area contributed by atoms with E-state index in [2.05, 4.69) is 18.2 Å². The molecule has 0 N–H and O–H groups in total. The molecule has 0 saturated heterocycles. The maximum atomic E-state index is 5.68. The topological polar surface area (TPSA) is 18.5 Å². The largest absolute Gasteiger partial charge is 0.457 e. The predicted octanol–water partition coefficient (Wildman–Crippen LogP) is 4.06. The summed E-state index contributed by atoms with van der Waals surface area (Å²) >= 11 is 0. The van der Waals surface area contributed by atoms with E-state index in [0.29, 0.717) is 5.75 Å². The van der Waals surface area contributed by atoms with Gasteiger partial charge in [0.1, 0.15) is 11.5 Å². The van der Waals surface area contributed by atoms with E-state index in [9.17, 15) is 0 Å². The van der Waals surface area contributed by atoms with Gasteiger partial charge in [-0.3, -0.25) is 0 Å². The molecule has 0 bridgehead atoms. The van der Waals surface area contributed by atoms with Gasteiger partial charge in [-0.2, -0.15) is 0 Å². The second kappa shape index (κ2) is 5.44. The lowest BCUT2D eigenvalue weighted by atomic mass is 10.1. The summed E-state index contributed by atoms with van der Waals surface area (Å²) in [5.74, 6) is 1.51. The van der Waals surface area contributed by atoms with Crippen molar-refractivity contribution >= 4 is 10.8 Å². The van der Waals surface area contributed by atoms with Crippen molar-refractivity contribution in [3.63, 3.8) is 0 Å². The van der Waals surface area contributed by atoms with Crippen molar-refractivity contribution in [1.82, 2.24) is 0 Å². The Morgan fingerprint density at radius 1 is 0.789 bits per heavy atom. The van der Waals surface area contributed by atoms with E-state index in [0.717, 1.165) is 16.5 Å². The van der Waals surface area contributed by atoms with Crippen molar-refractivity contribution in [2.75, 3.05) is 6.79 Å². The molecule has 2 heteroatoms. The van der Waals surface area contributed by atoms with Crippen molar-refractivity contribution in [2.45, 2.75) is 0 Å². The van der Waals surface area contributed by atoms with Gasteiger partial charge in [0.25, 0.3) is 0 Å². The molecule has 0 aliphatic carbocycles. The Labute approximate surface area is 112 Å². The highest BCUT2D eigenvalue weighted by atomic mass is 16.7. The van der Waals surface area contributed by atoms with E-state index in [1.165, 1.54) is 0 Å². The monoisotopic (exact) mass is 249 g/mol. The number of hydrogen-bond acceptors (Lipinski definition) is 2. The molecule has 0 spiro atoms. The smallest absolute Gasteiger partial charge is 0.230 e. The standard InChI is InChI=1S/C17H13O2/c1-2-9-15(10-3-1)18-13-19-17-12-6-8-14-7-4-5-11-16(14)17/h1-9,11-12H,13H2. The van der Waals surface area contributed by atoms with Crippen molar-refractivity contribution in [3.8, 4) is 11.5 Å². The van der Waals surface area contributed by atoms with Crippen LogP contribution in [0.15, 0.2) is 66.7 Å². The first kappa shape index (κ1) is 11.6. The highest BCUT2D eigenvalue weighted by Gasteiger charge is 2.01. The zero-order valence-corrected chi connectivity index (χ0v) is 10.4. The number of rotatable bonds is 4. The molecule has 0 unspecified atom stereocenters. The molecule has 0 aromatic heterocycles. The first-order chi connectivity index (χ1) is 9.43. The summed E-state index contributed by atoms with van der Waals surface area (Å²) in [5.41, 5.74) is 0. The molecule has 2 nitrogen and oxygen atoms in total. The average molecular weight is 249 g/mol.